The van der Waals surface area contributed by atoms with Crippen LogP contribution < -0.4 is 11.2 Å². The molecule has 0 saturated carbocycles. The fourth-order valence-electron chi connectivity index (χ4n) is 1.73. The van der Waals surface area contributed by atoms with Crippen molar-refractivity contribution >= 4 is 0 Å². The van der Waals surface area contributed by atoms with Gasteiger partial charge in [-0.25, -0.2) is 4.79 Å². The standard InChI is InChI=1S/C12H20N2O2/c1-3-5-6-7-9-13-10-8-11(15)14(4-2)12(13)16/h8,10H,3-7,9H2,1-2H3. The molecule has 1 heterocycles. The van der Waals surface area contributed by atoms with Gasteiger partial charge < -0.3 is 4.57 Å². The molecule has 0 bridgehead atoms. The largest absolute Gasteiger partial charge is 0.330 e. The molecule has 0 fully saturated rings. The maximum absolute atomic E-state index is 11.8. The molecule has 0 spiro atoms. The Balaban J connectivity index is 2.74. The van der Waals surface area contributed by atoms with Gasteiger partial charge in [0, 0.05) is 25.4 Å². The average Bonchev–Trinajstić information content (AvgIpc) is 2.28. The first-order chi connectivity index (χ1) is 7.70. The van der Waals surface area contributed by atoms with Gasteiger partial charge in [-0.05, 0) is 13.3 Å². The van der Waals surface area contributed by atoms with Crippen LogP contribution in [0.25, 0.3) is 0 Å². The Morgan fingerprint density at radius 2 is 1.88 bits per heavy atom. The Kier molecular flexibility index (Phi) is 5.02. The van der Waals surface area contributed by atoms with Crippen molar-refractivity contribution in [1.82, 2.24) is 9.13 Å². The molecular weight excluding hydrogens is 204 g/mol. The highest BCUT2D eigenvalue weighted by molar-refractivity contribution is 4.86. The molecule has 16 heavy (non-hydrogen) atoms. The number of hydrogen-bond donors (Lipinski definition) is 0. The molecule has 0 amide bonds. The van der Waals surface area contributed by atoms with E-state index < -0.39 is 0 Å². The monoisotopic (exact) mass is 224 g/mol. The molecule has 0 atom stereocenters. The van der Waals surface area contributed by atoms with Crippen molar-refractivity contribution in [2.45, 2.75) is 52.6 Å². The van der Waals surface area contributed by atoms with E-state index in [0.29, 0.717) is 13.1 Å². The average molecular weight is 224 g/mol. The number of unbranched alkanes of at least 4 members (excludes halogenated alkanes) is 3. The van der Waals surface area contributed by atoms with Gasteiger partial charge in [-0.1, -0.05) is 26.2 Å². The lowest BCUT2D eigenvalue weighted by atomic mass is 10.2. The first-order valence-corrected chi connectivity index (χ1v) is 6.01. The zero-order valence-electron chi connectivity index (χ0n) is 10.1. The lowest BCUT2D eigenvalue weighted by Crippen LogP contribution is -2.38. The summed E-state index contributed by atoms with van der Waals surface area (Å²) in [4.78, 5) is 23.2. The zero-order valence-corrected chi connectivity index (χ0v) is 10.1. The van der Waals surface area contributed by atoms with Crippen molar-refractivity contribution in [3.8, 4) is 0 Å². The second-order valence-electron chi connectivity index (χ2n) is 3.93. The van der Waals surface area contributed by atoms with Gasteiger partial charge in [0.1, 0.15) is 0 Å². The third-order valence-corrected chi connectivity index (χ3v) is 2.71. The molecular formula is C12H20N2O2. The van der Waals surface area contributed by atoms with E-state index in [1.165, 1.54) is 23.5 Å². The predicted octanol–water partition coefficient (Wildman–Crippen LogP) is 1.61. The number of nitrogens with zero attached hydrogens (tertiary/aromatic N) is 2. The lowest BCUT2D eigenvalue weighted by Gasteiger charge is -2.07. The van der Waals surface area contributed by atoms with E-state index >= 15 is 0 Å². The number of aromatic nitrogens is 2. The van der Waals surface area contributed by atoms with Crippen LogP contribution in [-0.4, -0.2) is 9.13 Å². The first-order valence-electron chi connectivity index (χ1n) is 6.01. The minimum Gasteiger partial charge on any atom is -0.300 e. The molecule has 0 unspecified atom stereocenters. The number of aryl methyl sites for hydroxylation is 1. The second kappa shape index (κ2) is 6.30. The Hall–Kier alpha value is -1.32. The van der Waals surface area contributed by atoms with Crippen LogP contribution in [0.5, 0.6) is 0 Å². The van der Waals surface area contributed by atoms with Crippen LogP contribution in [0.1, 0.15) is 39.5 Å². The fourth-order valence-corrected chi connectivity index (χ4v) is 1.73. The number of rotatable bonds is 6. The van der Waals surface area contributed by atoms with Gasteiger partial charge in [-0.3, -0.25) is 9.36 Å². The van der Waals surface area contributed by atoms with E-state index in [-0.39, 0.29) is 11.2 Å². The molecule has 0 aliphatic rings. The summed E-state index contributed by atoms with van der Waals surface area (Å²) in [6, 6.07) is 1.46. The van der Waals surface area contributed by atoms with E-state index in [0.717, 1.165) is 12.8 Å². The Labute approximate surface area is 95.5 Å². The summed E-state index contributed by atoms with van der Waals surface area (Å²) in [5.74, 6) is 0. The van der Waals surface area contributed by atoms with Crippen LogP contribution in [0.3, 0.4) is 0 Å². The number of hydrogen-bond acceptors (Lipinski definition) is 2. The third kappa shape index (κ3) is 3.08. The van der Waals surface area contributed by atoms with Gasteiger partial charge in [-0.2, -0.15) is 0 Å². The van der Waals surface area contributed by atoms with E-state index in [1.54, 1.807) is 10.8 Å². The highest BCUT2D eigenvalue weighted by Crippen LogP contribution is 1.99. The Morgan fingerprint density at radius 3 is 2.50 bits per heavy atom. The van der Waals surface area contributed by atoms with Crippen molar-refractivity contribution < 1.29 is 0 Å². The lowest BCUT2D eigenvalue weighted by molar-refractivity contribution is 0.526. The van der Waals surface area contributed by atoms with Gasteiger partial charge in [0.2, 0.25) is 0 Å². The first kappa shape index (κ1) is 12.7. The summed E-state index contributed by atoms with van der Waals surface area (Å²) >= 11 is 0. The van der Waals surface area contributed by atoms with Gasteiger partial charge >= 0.3 is 5.69 Å². The van der Waals surface area contributed by atoms with Crippen LogP contribution in [0, 0.1) is 0 Å². The molecule has 0 saturated heterocycles. The Bertz CT molecular complexity index is 431. The molecule has 1 aromatic heterocycles. The molecule has 4 nitrogen and oxygen atoms in total. The van der Waals surface area contributed by atoms with E-state index in [9.17, 15) is 9.59 Å². The van der Waals surface area contributed by atoms with Crippen molar-refractivity contribution in [3.05, 3.63) is 33.1 Å². The normalized spacial score (nSPS) is 10.6. The molecule has 0 aromatic carbocycles. The third-order valence-electron chi connectivity index (χ3n) is 2.71. The minimum absolute atomic E-state index is 0.188. The van der Waals surface area contributed by atoms with Crippen LogP contribution in [0.2, 0.25) is 0 Å². The highest BCUT2D eigenvalue weighted by Gasteiger charge is 2.02. The molecule has 0 N–H and O–H groups in total. The van der Waals surface area contributed by atoms with Crippen LogP contribution in [-0.2, 0) is 13.1 Å². The summed E-state index contributed by atoms with van der Waals surface area (Å²) in [6.45, 7) is 5.11. The van der Waals surface area contributed by atoms with Gasteiger partial charge in [0.15, 0.2) is 0 Å². The fraction of sp³-hybridized carbons (Fsp3) is 0.667. The molecule has 1 rings (SSSR count). The summed E-state index contributed by atoms with van der Waals surface area (Å²) in [5, 5.41) is 0. The highest BCUT2D eigenvalue weighted by atomic mass is 16.2. The molecule has 4 heteroatoms. The zero-order chi connectivity index (χ0) is 12.0. The predicted molar refractivity (Wildman–Crippen MR) is 64.8 cm³/mol. The van der Waals surface area contributed by atoms with Crippen molar-refractivity contribution in [3.63, 3.8) is 0 Å². The van der Waals surface area contributed by atoms with Crippen LogP contribution in [0.15, 0.2) is 21.9 Å². The van der Waals surface area contributed by atoms with Gasteiger partial charge in [0.25, 0.3) is 5.56 Å². The summed E-state index contributed by atoms with van der Waals surface area (Å²) in [7, 11) is 0. The molecule has 0 radical (unpaired) electrons. The minimum atomic E-state index is -0.211. The van der Waals surface area contributed by atoms with Crippen molar-refractivity contribution in [2.75, 3.05) is 0 Å². The van der Waals surface area contributed by atoms with E-state index in [2.05, 4.69) is 6.92 Å². The van der Waals surface area contributed by atoms with Crippen molar-refractivity contribution in [2.24, 2.45) is 0 Å². The van der Waals surface area contributed by atoms with Crippen LogP contribution in [0.4, 0.5) is 0 Å². The summed E-state index contributed by atoms with van der Waals surface area (Å²) in [5.41, 5.74) is -0.399. The van der Waals surface area contributed by atoms with Crippen molar-refractivity contribution in [1.29, 1.82) is 0 Å². The Morgan fingerprint density at radius 1 is 1.12 bits per heavy atom. The summed E-state index contributed by atoms with van der Waals surface area (Å²) in [6.07, 6.45) is 6.11. The molecule has 1 aromatic rings. The smallest absolute Gasteiger partial charge is 0.300 e. The second-order valence-corrected chi connectivity index (χ2v) is 3.93. The molecule has 90 valence electrons. The topological polar surface area (TPSA) is 44.0 Å². The maximum Gasteiger partial charge on any atom is 0.330 e. The van der Waals surface area contributed by atoms with E-state index in [1.807, 2.05) is 6.92 Å². The van der Waals surface area contributed by atoms with Crippen LogP contribution >= 0.6 is 0 Å². The SMILES string of the molecule is CCCCCCn1ccc(=O)n(CC)c1=O. The molecule has 0 aliphatic heterocycles. The quantitative estimate of drug-likeness (QED) is 0.689. The van der Waals surface area contributed by atoms with Gasteiger partial charge in [-0.15, -0.1) is 0 Å². The van der Waals surface area contributed by atoms with E-state index in [4.69, 9.17) is 0 Å². The summed E-state index contributed by atoms with van der Waals surface area (Å²) < 4.78 is 2.89. The van der Waals surface area contributed by atoms with Gasteiger partial charge in [0.05, 0.1) is 0 Å². The maximum atomic E-state index is 11.8. The molecule has 0 aliphatic carbocycles.